The van der Waals surface area contributed by atoms with Crippen molar-refractivity contribution in [2.75, 3.05) is 72.1 Å². The zero-order chi connectivity index (χ0) is 84.0. The highest BCUT2D eigenvalue weighted by molar-refractivity contribution is 6.42. The SMILES string of the molecule is Cc1ccc(C(=NOCC2CC2)C2C3CNCC32)cc1Cl.Cc1ccc(C(=NOCc2ccc(C(F)(F)F)cc2)C2C3CNCC32)cc1Cl.Cc1ccc(C(=NOCc2ccccc2)C2C3CNCC32)cc1Cl.Cc1ccc(C(=NOc2ccccc2)C2C3CNCC32)cc1Cl.Fc1ccc(CON=C(c2ccc(Cl)c(Cl)c2)C2C3CNCC32)cc1. The number of benzene rings is 9. The zero-order valence-electron chi connectivity index (χ0n) is 67.7. The molecule has 0 bridgehead atoms. The summed E-state index contributed by atoms with van der Waals surface area (Å²) in [4.78, 5) is 28.1. The van der Waals surface area contributed by atoms with Gasteiger partial charge in [-0.2, -0.15) is 13.2 Å². The Morgan fingerprint density at radius 1 is 0.331 bits per heavy atom. The molecule has 0 spiro atoms. The van der Waals surface area contributed by atoms with Gasteiger partial charge < -0.3 is 50.8 Å². The van der Waals surface area contributed by atoms with Gasteiger partial charge >= 0.3 is 6.18 Å². The lowest BCUT2D eigenvalue weighted by Gasteiger charge is -2.11. The average molecular weight is 1760 g/mol. The topological polar surface area (TPSA) is 168 Å². The van der Waals surface area contributed by atoms with Crippen LogP contribution in [0.1, 0.15) is 85.2 Å². The fourth-order valence-electron chi connectivity index (χ4n) is 17.9. The number of fused-ring (bicyclic) bond motifs is 5. The monoisotopic (exact) mass is 1760 g/mol. The number of rotatable bonds is 24. The summed E-state index contributed by atoms with van der Waals surface area (Å²) < 4.78 is 51.0. The molecule has 6 saturated carbocycles. The van der Waals surface area contributed by atoms with Crippen LogP contribution in [0, 0.1) is 128 Å². The third-order valence-electron chi connectivity index (χ3n) is 25.5. The Hall–Kier alpha value is -8.41. The van der Waals surface area contributed by atoms with E-state index in [-0.39, 0.29) is 12.4 Å². The number of nitrogens with one attached hydrogen (secondary N) is 5. The molecule has 10 unspecified atom stereocenters. The number of para-hydroxylation sites is 1. The van der Waals surface area contributed by atoms with Crippen LogP contribution in [0.15, 0.2) is 226 Å². The summed E-state index contributed by atoms with van der Waals surface area (Å²) in [5.41, 5.74) is 16.3. The number of halogens is 10. The first-order chi connectivity index (χ1) is 58.7. The smallest absolute Gasteiger partial charge is 0.395 e. The van der Waals surface area contributed by atoms with E-state index in [0.29, 0.717) is 111 Å². The van der Waals surface area contributed by atoms with Crippen LogP contribution >= 0.6 is 69.6 Å². The molecule has 632 valence electrons. The van der Waals surface area contributed by atoms with Gasteiger partial charge in [-0.1, -0.05) is 223 Å². The van der Waals surface area contributed by atoms with Crippen LogP contribution in [0.3, 0.4) is 0 Å². The maximum absolute atomic E-state index is 13.0. The number of piperidine rings is 5. The standard InChI is InChI=1S/C21H20ClF3N2O.C20H21ClN2O.C19H17Cl2FN2O.C19H19ClN2O.C17H21ClN2O/c1-12-2-5-14(8-18(12)22)20(19-16-9-26-10-17(16)19)27-28-11-13-3-6-15(7-4-13)21(23,24)25;1-13-7-8-15(9-18(13)21)20(19-16-10-22-11-17(16)19)23-24-12-14-5-3-2-4-6-14;20-16-6-3-12(7-17(16)21)19(18-14-8-23-9-15(14)18)24-25-10-11-1-4-13(22)5-2-11;1-12-7-8-13(9-17(12)20)19(18-15-10-21-11-16(15)18)22-23-14-5-3-2-4-6-14;1-10-2-5-12(6-15(10)18)17(20-21-9-11-3-4-11)16-13-7-19-8-14(13)16/h2-8,16-17,19,26H,9-11H2,1H3;2-9,16-17,19,22H,10-12H2,1H3;1-7,14-15,18,23H,8-10H2;2-9,15-16,18,21H,10-11H2,1H3;2,5-6,11,13-14,16,19H,3-4,7-9H2,1H3. The van der Waals surface area contributed by atoms with E-state index in [1.807, 2.05) is 143 Å². The van der Waals surface area contributed by atoms with Gasteiger partial charge in [0.25, 0.3) is 0 Å². The van der Waals surface area contributed by atoms with Crippen molar-refractivity contribution in [1.29, 1.82) is 0 Å². The van der Waals surface area contributed by atoms with Crippen LogP contribution < -0.4 is 31.4 Å². The normalized spacial score (nSPS) is 26.1. The Balaban J connectivity index is 0.000000113. The lowest BCUT2D eigenvalue weighted by molar-refractivity contribution is -0.137. The van der Waals surface area contributed by atoms with Crippen LogP contribution in [-0.4, -0.2) is 101 Å². The molecule has 5 aliphatic heterocycles. The van der Waals surface area contributed by atoms with E-state index in [2.05, 4.69) is 82.7 Å². The second-order valence-electron chi connectivity index (χ2n) is 33.7. The number of nitrogens with zero attached hydrogens (tertiary/aromatic N) is 5. The highest BCUT2D eigenvalue weighted by atomic mass is 35.5. The van der Waals surface area contributed by atoms with Gasteiger partial charge in [0.2, 0.25) is 0 Å². The molecule has 0 aromatic heterocycles. The van der Waals surface area contributed by atoms with Crippen LogP contribution in [0.2, 0.25) is 30.1 Å². The van der Waals surface area contributed by atoms with Gasteiger partial charge in [0.05, 0.1) is 44.2 Å². The summed E-state index contributed by atoms with van der Waals surface area (Å²) in [5.74, 6) is 9.91. The second kappa shape index (κ2) is 38.8. The summed E-state index contributed by atoms with van der Waals surface area (Å²) in [5, 5.41) is 43.5. The van der Waals surface area contributed by atoms with Crippen LogP contribution in [0.25, 0.3) is 0 Å². The maximum atomic E-state index is 13.0. The molecule has 20 rings (SSSR count). The second-order valence-corrected chi connectivity index (χ2v) is 36.1. The highest BCUT2D eigenvalue weighted by Crippen LogP contribution is 2.55. The molecule has 121 heavy (non-hydrogen) atoms. The third-order valence-corrected chi connectivity index (χ3v) is 27.9. The van der Waals surface area contributed by atoms with E-state index in [1.54, 1.807) is 18.2 Å². The minimum absolute atomic E-state index is 0.113. The maximum Gasteiger partial charge on any atom is 0.416 e. The zero-order valence-corrected chi connectivity index (χ0v) is 72.2. The number of aryl methyl sites for hydroxylation is 4. The van der Waals surface area contributed by atoms with E-state index < -0.39 is 11.7 Å². The Labute approximate surface area is 734 Å². The van der Waals surface area contributed by atoms with E-state index in [0.717, 1.165) is 213 Å². The summed E-state index contributed by atoms with van der Waals surface area (Å²) >= 11 is 37.4. The van der Waals surface area contributed by atoms with E-state index in [1.165, 1.54) is 37.1 Å². The molecule has 6 aliphatic carbocycles. The molecule has 11 aliphatic rings. The number of oxime groups is 5. The molecule has 9 aromatic carbocycles. The van der Waals surface area contributed by atoms with Crippen LogP contribution in [0.5, 0.6) is 5.75 Å². The van der Waals surface area contributed by atoms with Crippen LogP contribution in [-0.2, 0) is 45.3 Å². The lowest BCUT2D eigenvalue weighted by atomic mass is 10.0. The van der Waals surface area contributed by atoms with Crippen molar-refractivity contribution in [3.05, 3.63) is 308 Å². The highest BCUT2D eigenvalue weighted by Gasteiger charge is 2.60. The molecule has 25 heteroatoms. The fourth-order valence-corrected chi connectivity index (χ4v) is 18.9. The van der Waals surface area contributed by atoms with Crippen molar-refractivity contribution in [3.63, 3.8) is 0 Å². The molecule has 11 fully saturated rings. The molecular formula is C96H98Cl6F4N10O5. The quantitative estimate of drug-likeness (QED) is 0.0223. The minimum atomic E-state index is -4.34. The average Bonchev–Trinajstić information content (AvgIpc) is 1.60. The van der Waals surface area contributed by atoms with Gasteiger partial charge in [0.1, 0.15) is 32.2 Å². The van der Waals surface area contributed by atoms with E-state index in [9.17, 15) is 17.6 Å². The predicted octanol–water partition coefficient (Wildman–Crippen LogP) is 20.7. The summed E-state index contributed by atoms with van der Waals surface area (Å²) in [6.45, 7) is 20.1. The van der Waals surface area contributed by atoms with E-state index in [4.69, 9.17) is 93.8 Å². The summed E-state index contributed by atoms with van der Waals surface area (Å²) in [7, 11) is 0. The van der Waals surface area contributed by atoms with Crippen molar-refractivity contribution < 1.29 is 41.7 Å². The minimum Gasteiger partial charge on any atom is -0.395 e. The Bertz CT molecular complexity index is 5250. The third kappa shape index (κ3) is 21.3. The largest absolute Gasteiger partial charge is 0.416 e. The molecule has 0 radical (unpaired) electrons. The lowest BCUT2D eigenvalue weighted by Crippen LogP contribution is -2.20. The molecule has 0 amide bonds. The van der Waals surface area contributed by atoms with E-state index >= 15 is 0 Å². The first kappa shape index (κ1) is 86.1. The molecule has 9 aromatic rings. The first-order valence-corrected chi connectivity index (χ1v) is 44.0. The molecule has 15 nitrogen and oxygen atoms in total. The van der Waals surface area contributed by atoms with Gasteiger partial charge in [-0.05, 0) is 283 Å². The Morgan fingerprint density at radius 2 is 0.620 bits per heavy atom. The van der Waals surface area contributed by atoms with Crippen LogP contribution in [0.4, 0.5) is 17.6 Å². The fraction of sp³-hybridized carbons (Fsp3) is 0.385. The van der Waals surface area contributed by atoms with Gasteiger partial charge in [0, 0.05) is 77.5 Å². The molecular weight excluding hydrogens is 1660 g/mol. The van der Waals surface area contributed by atoms with Gasteiger partial charge in [-0.25, -0.2) is 4.39 Å². The molecule has 10 atom stereocenters. The number of hydrogen-bond acceptors (Lipinski definition) is 15. The van der Waals surface area contributed by atoms with Gasteiger partial charge in [-0.3, -0.25) is 0 Å². The van der Waals surface area contributed by atoms with Gasteiger partial charge in [0.15, 0.2) is 5.75 Å². The summed E-state index contributed by atoms with van der Waals surface area (Å²) in [6.07, 6.45) is -1.76. The number of hydrogen-bond donors (Lipinski definition) is 5. The summed E-state index contributed by atoms with van der Waals surface area (Å²) in [6, 6.07) is 60.9. The van der Waals surface area contributed by atoms with Crippen molar-refractivity contribution in [2.24, 2.45) is 120 Å². The first-order valence-electron chi connectivity index (χ1n) is 41.8. The number of alkyl halides is 3. The molecule has 5 saturated heterocycles. The predicted molar refractivity (Wildman–Crippen MR) is 475 cm³/mol. The van der Waals surface area contributed by atoms with Crippen molar-refractivity contribution in [1.82, 2.24) is 26.6 Å². The Morgan fingerprint density at radius 3 is 0.934 bits per heavy atom. The van der Waals surface area contributed by atoms with Crippen molar-refractivity contribution >= 4 is 98.2 Å². The molecule has 5 heterocycles. The van der Waals surface area contributed by atoms with Crippen molar-refractivity contribution in [3.8, 4) is 5.75 Å². The molecule has 5 N–H and O–H groups in total. The Kier molecular flexibility index (Phi) is 27.6. The van der Waals surface area contributed by atoms with Gasteiger partial charge in [-0.15, -0.1) is 0 Å². The van der Waals surface area contributed by atoms with Crippen molar-refractivity contribution in [2.45, 2.75) is 66.5 Å².